The molecular formula is C23H21N5O3. The zero-order chi connectivity index (χ0) is 21.4. The lowest BCUT2D eigenvalue weighted by molar-refractivity contribution is 0.0638. The molecule has 8 nitrogen and oxygen atoms in total. The zero-order valence-electron chi connectivity index (χ0n) is 16.8. The van der Waals surface area contributed by atoms with Crippen molar-refractivity contribution in [2.75, 3.05) is 13.1 Å². The van der Waals surface area contributed by atoms with Crippen LogP contribution in [0.15, 0.2) is 61.2 Å². The molecule has 1 fully saturated rings. The second-order valence-corrected chi connectivity index (χ2v) is 7.86. The molecule has 5 rings (SSSR count). The second kappa shape index (κ2) is 7.79. The first-order chi connectivity index (χ1) is 15.1. The number of likely N-dealkylation sites (tertiary alicyclic amines) is 1. The van der Waals surface area contributed by atoms with Gasteiger partial charge in [-0.15, -0.1) is 0 Å². The summed E-state index contributed by atoms with van der Waals surface area (Å²) in [6.45, 7) is 1.48. The lowest BCUT2D eigenvalue weighted by atomic mass is 10.0. The molecule has 0 N–H and O–H groups in total. The molecule has 3 heterocycles. The standard InChI is InChI=1S/C23H21N5O3/c29-21(26-11-3-4-18(13-26)28-15-24-14-25-28)17-9-7-16(8-10-17)12-27-22(30)19-5-1-2-6-20(19)23(27)31/h1-2,5-10,14-15,18H,3-4,11-13H2. The van der Waals surface area contributed by atoms with Crippen molar-refractivity contribution in [3.8, 4) is 0 Å². The van der Waals surface area contributed by atoms with E-state index >= 15 is 0 Å². The molecule has 1 atom stereocenters. The number of benzene rings is 2. The predicted molar refractivity (Wildman–Crippen MR) is 111 cm³/mol. The van der Waals surface area contributed by atoms with Gasteiger partial charge in [0.15, 0.2) is 0 Å². The number of carbonyl (C=O) groups excluding carboxylic acids is 3. The van der Waals surface area contributed by atoms with E-state index in [4.69, 9.17) is 0 Å². The van der Waals surface area contributed by atoms with Crippen molar-refractivity contribution in [1.29, 1.82) is 0 Å². The van der Waals surface area contributed by atoms with Crippen LogP contribution in [0, 0.1) is 0 Å². The number of aromatic nitrogens is 3. The topological polar surface area (TPSA) is 88.4 Å². The van der Waals surface area contributed by atoms with Gasteiger partial charge in [0.1, 0.15) is 12.7 Å². The third-order valence-corrected chi connectivity index (χ3v) is 5.91. The smallest absolute Gasteiger partial charge is 0.261 e. The molecular weight excluding hydrogens is 394 g/mol. The van der Waals surface area contributed by atoms with E-state index in [1.807, 2.05) is 9.58 Å². The van der Waals surface area contributed by atoms with Crippen LogP contribution in [-0.2, 0) is 6.54 Å². The van der Waals surface area contributed by atoms with Gasteiger partial charge >= 0.3 is 0 Å². The predicted octanol–water partition coefficient (Wildman–Crippen LogP) is 2.55. The highest BCUT2D eigenvalue weighted by atomic mass is 16.2. The number of piperidine rings is 1. The fraction of sp³-hybridized carbons (Fsp3) is 0.261. The Hall–Kier alpha value is -3.81. The summed E-state index contributed by atoms with van der Waals surface area (Å²) < 4.78 is 1.81. The fourth-order valence-electron chi connectivity index (χ4n) is 4.26. The molecule has 156 valence electrons. The maximum Gasteiger partial charge on any atom is 0.261 e. The summed E-state index contributed by atoms with van der Waals surface area (Å²) in [6.07, 6.45) is 5.07. The van der Waals surface area contributed by atoms with Gasteiger partial charge in [-0.25, -0.2) is 9.67 Å². The van der Waals surface area contributed by atoms with Crippen LogP contribution < -0.4 is 0 Å². The quantitative estimate of drug-likeness (QED) is 0.611. The van der Waals surface area contributed by atoms with Crippen LogP contribution >= 0.6 is 0 Å². The van der Waals surface area contributed by atoms with E-state index in [2.05, 4.69) is 10.1 Å². The third-order valence-electron chi connectivity index (χ3n) is 5.91. The molecule has 0 saturated carbocycles. The first-order valence-electron chi connectivity index (χ1n) is 10.3. The van der Waals surface area contributed by atoms with Crippen molar-refractivity contribution in [3.63, 3.8) is 0 Å². The lowest BCUT2D eigenvalue weighted by Crippen LogP contribution is -2.40. The second-order valence-electron chi connectivity index (χ2n) is 7.86. The van der Waals surface area contributed by atoms with Gasteiger partial charge in [0.25, 0.3) is 17.7 Å². The van der Waals surface area contributed by atoms with Gasteiger partial charge in [0, 0.05) is 18.7 Å². The van der Waals surface area contributed by atoms with Crippen LogP contribution in [0.2, 0.25) is 0 Å². The number of amides is 3. The normalized spacial score (nSPS) is 18.4. The van der Waals surface area contributed by atoms with E-state index in [0.29, 0.717) is 29.8 Å². The molecule has 3 amide bonds. The minimum absolute atomic E-state index is 0.0305. The summed E-state index contributed by atoms with van der Waals surface area (Å²) in [4.78, 5) is 45.2. The number of rotatable bonds is 4. The summed E-state index contributed by atoms with van der Waals surface area (Å²) in [5.41, 5.74) is 2.26. The lowest BCUT2D eigenvalue weighted by Gasteiger charge is -2.32. The Morgan fingerprint density at radius 2 is 1.71 bits per heavy atom. The van der Waals surface area contributed by atoms with Gasteiger partial charge in [-0.2, -0.15) is 5.10 Å². The highest BCUT2D eigenvalue weighted by molar-refractivity contribution is 6.21. The number of hydrogen-bond acceptors (Lipinski definition) is 5. The Morgan fingerprint density at radius 1 is 1.00 bits per heavy atom. The zero-order valence-corrected chi connectivity index (χ0v) is 16.8. The van der Waals surface area contributed by atoms with Crippen LogP contribution in [0.3, 0.4) is 0 Å². The number of nitrogens with zero attached hydrogens (tertiary/aromatic N) is 5. The molecule has 2 aromatic carbocycles. The van der Waals surface area contributed by atoms with E-state index in [1.54, 1.807) is 54.9 Å². The molecule has 0 spiro atoms. The minimum Gasteiger partial charge on any atom is -0.337 e. The molecule has 1 saturated heterocycles. The molecule has 0 radical (unpaired) electrons. The van der Waals surface area contributed by atoms with Gasteiger partial charge in [-0.3, -0.25) is 19.3 Å². The van der Waals surface area contributed by atoms with Crippen LogP contribution in [0.25, 0.3) is 0 Å². The fourth-order valence-corrected chi connectivity index (χ4v) is 4.26. The van der Waals surface area contributed by atoms with Gasteiger partial charge in [-0.1, -0.05) is 24.3 Å². The summed E-state index contributed by atoms with van der Waals surface area (Å²) in [7, 11) is 0. The van der Waals surface area contributed by atoms with Gasteiger partial charge in [0.05, 0.1) is 23.7 Å². The van der Waals surface area contributed by atoms with E-state index in [0.717, 1.165) is 18.4 Å². The molecule has 2 aliphatic heterocycles. The maximum atomic E-state index is 13.0. The van der Waals surface area contributed by atoms with E-state index < -0.39 is 0 Å². The molecule has 8 heteroatoms. The largest absolute Gasteiger partial charge is 0.337 e. The van der Waals surface area contributed by atoms with Crippen LogP contribution in [0.5, 0.6) is 0 Å². The van der Waals surface area contributed by atoms with E-state index in [-0.39, 0.29) is 30.3 Å². The van der Waals surface area contributed by atoms with E-state index in [1.165, 1.54) is 11.2 Å². The highest BCUT2D eigenvalue weighted by Crippen LogP contribution is 2.25. The van der Waals surface area contributed by atoms with Crippen LogP contribution in [-0.4, -0.2) is 55.4 Å². The van der Waals surface area contributed by atoms with Crippen molar-refractivity contribution in [2.24, 2.45) is 0 Å². The van der Waals surface area contributed by atoms with Crippen molar-refractivity contribution >= 4 is 17.7 Å². The van der Waals surface area contributed by atoms with Gasteiger partial charge < -0.3 is 4.90 Å². The highest BCUT2D eigenvalue weighted by Gasteiger charge is 2.35. The monoisotopic (exact) mass is 415 g/mol. The summed E-state index contributed by atoms with van der Waals surface area (Å²) in [5, 5.41) is 4.20. The molecule has 0 bridgehead atoms. The number of hydrogen-bond donors (Lipinski definition) is 0. The average Bonchev–Trinajstić information content (AvgIpc) is 3.44. The Bertz CT molecular complexity index is 1110. The molecule has 0 aliphatic carbocycles. The first kappa shape index (κ1) is 19.2. The van der Waals surface area contributed by atoms with Crippen molar-refractivity contribution in [2.45, 2.75) is 25.4 Å². The van der Waals surface area contributed by atoms with Crippen LogP contribution in [0.1, 0.15) is 55.5 Å². The molecule has 31 heavy (non-hydrogen) atoms. The molecule has 2 aliphatic rings. The first-order valence-corrected chi connectivity index (χ1v) is 10.3. The Labute approximate surface area is 179 Å². The Balaban J connectivity index is 1.27. The average molecular weight is 415 g/mol. The van der Waals surface area contributed by atoms with Crippen molar-refractivity contribution < 1.29 is 14.4 Å². The van der Waals surface area contributed by atoms with Crippen LogP contribution in [0.4, 0.5) is 0 Å². The number of imide groups is 1. The summed E-state index contributed by atoms with van der Waals surface area (Å²) >= 11 is 0. The molecule has 1 aromatic heterocycles. The van der Waals surface area contributed by atoms with Gasteiger partial charge in [0.2, 0.25) is 0 Å². The Kier molecular flexibility index (Phi) is 4.82. The summed E-state index contributed by atoms with van der Waals surface area (Å²) in [5.74, 6) is -0.599. The number of fused-ring (bicyclic) bond motifs is 1. The SMILES string of the molecule is O=C(c1ccc(CN2C(=O)c3ccccc3C2=O)cc1)N1CCCC(n2cncn2)C1. The maximum absolute atomic E-state index is 13.0. The van der Waals surface area contributed by atoms with Gasteiger partial charge in [-0.05, 0) is 42.7 Å². The molecule has 3 aromatic rings. The van der Waals surface area contributed by atoms with Crippen molar-refractivity contribution in [1.82, 2.24) is 24.6 Å². The minimum atomic E-state index is -0.284. The Morgan fingerprint density at radius 3 is 2.35 bits per heavy atom. The van der Waals surface area contributed by atoms with Crippen molar-refractivity contribution in [3.05, 3.63) is 83.4 Å². The molecule has 1 unspecified atom stereocenters. The summed E-state index contributed by atoms with van der Waals surface area (Å²) in [6, 6.07) is 14.1. The van der Waals surface area contributed by atoms with E-state index in [9.17, 15) is 14.4 Å². The number of carbonyl (C=O) groups is 3. The third kappa shape index (κ3) is 3.50.